The fourth-order valence-corrected chi connectivity index (χ4v) is 1.75. The summed E-state index contributed by atoms with van der Waals surface area (Å²) >= 11 is 1.34. The van der Waals surface area contributed by atoms with Gasteiger partial charge in [0.05, 0.1) is 0 Å². The Morgan fingerprint density at radius 3 is 2.21 bits per heavy atom. The van der Waals surface area contributed by atoms with Crippen LogP contribution in [0.25, 0.3) is 0 Å². The zero-order valence-electron chi connectivity index (χ0n) is 8.57. The maximum atomic E-state index is 11.1. The molecular formula is C11H14O2S. The Bertz CT molecular complexity index is 332. The average molecular weight is 210 g/mol. The number of aryl methyl sites for hydroxylation is 1. The van der Waals surface area contributed by atoms with E-state index in [4.69, 9.17) is 5.11 Å². The molecule has 1 atom stereocenters. The Hall–Kier alpha value is -0.960. The smallest absolute Gasteiger partial charge is 0.324 e. The molecule has 0 saturated heterocycles. The van der Waals surface area contributed by atoms with Crippen molar-refractivity contribution in [3.8, 4) is 0 Å². The molecule has 14 heavy (non-hydrogen) atoms. The molecule has 0 aliphatic rings. The maximum Gasteiger partial charge on any atom is 0.324 e. The van der Waals surface area contributed by atoms with Crippen molar-refractivity contribution in [2.45, 2.75) is 18.6 Å². The van der Waals surface area contributed by atoms with Gasteiger partial charge in [-0.3, -0.25) is 4.79 Å². The summed E-state index contributed by atoms with van der Waals surface area (Å²) in [6, 6.07) is 7.62. The number of carboxylic acids is 1. The topological polar surface area (TPSA) is 37.3 Å². The summed E-state index contributed by atoms with van der Waals surface area (Å²) in [6.45, 7) is 3.71. The lowest BCUT2D eigenvalue weighted by atomic mass is 9.99. The largest absolute Gasteiger partial charge is 0.480 e. The summed E-state index contributed by atoms with van der Waals surface area (Å²) in [6.07, 6.45) is 1.81. The highest BCUT2D eigenvalue weighted by molar-refractivity contribution is 8.00. The van der Waals surface area contributed by atoms with Crippen LogP contribution in [0, 0.1) is 6.92 Å². The molecule has 1 rings (SSSR count). The first kappa shape index (κ1) is 11.1. The molecule has 0 fully saturated rings. The molecule has 0 spiro atoms. The van der Waals surface area contributed by atoms with E-state index in [1.165, 1.54) is 11.8 Å². The van der Waals surface area contributed by atoms with Gasteiger partial charge in [0.15, 0.2) is 0 Å². The van der Waals surface area contributed by atoms with Crippen LogP contribution < -0.4 is 0 Å². The quantitative estimate of drug-likeness (QED) is 0.833. The third kappa shape index (κ3) is 1.93. The highest BCUT2D eigenvalue weighted by Gasteiger charge is 2.33. The van der Waals surface area contributed by atoms with Crippen molar-refractivity contribution >= 4 is 17.7 Å². The second-order valence-corrected chi connectivity index (χ2v) is 4.63. The van der Waals surface area contributed by atoms with Gasteiger partial charge in [-0.2, -0.15) is 0 Å². The zero-order chi connectivity index (χ0) is 10.8. The molecule has 0 saturated carbocycles. The standard InChI is InChI=1S/C11H14O2S/c1-8-4-6-9(7-5-8)11(2,14-3)10(12)13/h4-7H,1-3H3,(H,12,13). The van der Waals surface area contributed by atoms with Gasteiger partial charge < -0.3 is 5.11 Å². The van der Waals surface area contributed by atoms with Crippen molar-refractivity contribution in [1.29, 1.82) is 0 Å². The molecule has 0 bridgehead atoms. The highest BCUT2D eigenvalue weighted by Crippen LogP contribution is 2.34. The summed E-state index contributed by atoms with van der Waals surface area (Å²) < 4.78 is -0.840. The second kappa shape index (κ2) is 4.05. The summed E-state index contributed by atoms with van der Waals surface area (Å²) in [5.41, 5.74) is 1.98. The van der Waals surface area contributed by atoms with Gasteiger partial charge in [-0.05, 0) is 25.7 Å². The zero-order valence-corrected chi connectivity index (χ0v) is 9.39. The minimum absolute atomic E-state index is 0.797. The molecule has 0 heterocycles. The lowest BCUT2D eigenvalue weighted by Crippen LogP contribution is -2.28. The van der Waals surface area contributed by atoms with Crippen LogP contribution >= 0.6 is 11.8 Å². The summed E-state index contributed by atoms with van der Waals surface area (Å²) in [5, 5.41) is 9.13. The van der Waals surface area contributed by atoms with Crippen LogP contribution in [0.4, 0.5) is 0 Å². The number of hydrogen-bond donors (Lipinski definition) is 1. The van der Waals surface area contributed by atoms with Crippen molar-refractivity contribution in [3.63, 3.8) is 0 Å². The molecule has 1 N–H and O–H groups in total. The van der Waals surface area contributed by atoms with Crippen molar-refractivity contribution in [1.82, 2.24) is 0 Å². The fraction of sp³-hybridized carbons (Fsp3) is 0.364. The summed E-state index contributed by atoms with van der Waals surface area (Å²) in [5.74, 6) is -0.797. The van der Waals surface area contributed by atoms with Gasteiger partial charge in [0.1, 0.15) is 4.75 Å². The minimum atomic E-state index is -0.840. The number of rotatable bonds is 3. The predicted octanol–water partition coefficient (Wildman–Crippen LogP) is 2.66. The van der Waals surface area contributed by atoms with Crippen molar-refractivity contribution in [2.24, 2.45) is 0 Å². The normalized spacial score (nSPS) is 14.8. The van der Waals surface area contributed by atoms with E-state index in [9.17, 15) is 4.79 Å². The number of carboxylic acid groups (broad SMARTS) is 1. The number of thioether (sulfide) groups is 1. The SMILES string of the molecule is CSC(C)(C(=O)O)c1ccc(C)cc1. The summed E-state index contributed by atoms with van der Waals surface area (Å²) in [7, 11) is 0. The number of hydrogen-bond acceptors (Lipinski definition) is 2. The second-order valence-electron chi connectivity index (χ2n) is 3.41. The Morgan fingerprint density at radius 2 is 1.86 bits per heavy atom. The predicted molar refractivity (Wildman–Crippen MR) is 59.7 cm³/mol. The van der Waals surface area contributed by atoms with Crippen LogP contribution in [-0.2, 0) is 9.54 Å². The molecule has 0 aromatic heterocycles. The van der Waals surface area contributed by atoms with E-state index < -0.39 is 10.7 Å². The molecule has 1 aromatic carbocycles. The van der Waals surface area contributed by atoms with E-state index in [1.54, 1.807) is 6.92 Å². The Kier molecular flexibility index (Phi) is 3.21. The Balaban J connectivity index is 3.13. The van der Waals surface area contributed by atoms with Crippen LogP contribution in [0.5, 0.6) is 0 Å². The van der Waals surface area contributed by atoms with Gasteiger partial charge in [-0.1, -0.05) is 29.8 Å². The first-order valence-electron chi connectivity index (χ1n) is 4.36. The van der Waals surface area contributed by atoms with E-state index >= 15 is 0 Å². The van der Waals surface area contributed by atoms with Crippen molar-refractivity contribution in [2.75, 3.05) is 6.26 Å². The molecule has 76 valence electrons. The van der Waals surface area contributed by atoms with Crippen molar-refractivity contribution < 1.29 is 9.90 Å². The van der Waals surface area contributed by atoms with E-state index in [0.717, 1.165) is 11.1 Å². The molecule has 0 aliphatic heterocycles. The molecule has 1 aromatic rings. The Morgan fingerprint density at radius 1 is 1.36 bits per heavy atom. The Labute approximate surface area is 88.3 Å². The third-order valence-electron chi connectivity index (χ3n) is 2.42. The fourth-order valence-electron chi connectivity index (χ4n) is 1.20. The van der Waals surface area contributed by atoms with Crippen LogP contribution in [-0.4, -0.2) is 17.3 Å². The summed E-state index contributed by atoms with van der Waals surface area (Å²) in [4.78, 5) is 11.1. The lowest BCUT2D eigenvalue weighted by molar-refractivity contribution is -0.139. The molecule has 2 nitrogen and oxygen atoms in total. The van der Waals surface area contributed by atoms with E-state index in [0.29, 0.717) is 0 Å². The number of benzene rings is 1. The van der Waals surface area contributed by atoms with Crippen LogP contribution in [0.3, 0.4) is 0 Å². The van der Waals surface area contributed by atoms with Gasteiger partial charge in [-0.15, -0.1) is 11.8 Å². The monoisotopic (exact) mass is 210 g/mol. The van der Waals surface area contributed by atoms with Crippen LogP contribution in [0.2, 0.25) is 0 Å². The maximum absolute atomic E-state index is 11.1. The molecule has 1 unspecified atom stereocenters. The number of aliphatic carboxylic acids is 1. The van der Waals surface area contributed by atoms with Gasteiger partial charge in [0.2, 0.25) is 0 Å². The van der Waals surface area contributed by atoms with E-state index in [-0.39, 0.29) is 0 Å². The van der Waals surface area contributed by atoms with Gasteiger partial charge in [0.25, 0.3) is 0 Å². The first-order valence-corrected chi connectivity index (χ1v) is 5.59. The third-order valence-corrected chi connectivity index (χ3v) is 3.65. The molecule has 0 aliphatic carbocycles. The lowest BCUT2D eigenvalue weighted by Gasteiger charge is -2.22. The van der Waals surface area contributed by atoms with E-state index in [1.807, 2.05) is 37.4 Å². The molecular weight excluding hydrogens is 196 g/mol. The molecule has 0 amide bonds. The molecule has 3 heteroatoms. The minimum Gasteiger partial charge on any atom is -0.480 e. The van der Waals surface area contributed by atoms with Gasteiger partial charge >= 0.3 is 5.97 Å². The van der Waals surface area contributed by atoms with Crippen molar-refractivity contribution in [3.05, 3.63) is 35.4 Å². The molecule has 0 radical (unpaired) electrons. The first-order chi connectivity index (χ1) is 6.50. The van der Waals surface area contributed by atoms with Crippen LogP contribution in [0.15, 0.2) is 24.3 Å². The van der Waals surface area contributed by atoms with Gasteiger partial charge in [-0.25, -0.2) is 0 Å². The van der Waals surface area contributed by atoms with Crippen LogP contribution in [0.1, 0.15) is 18.1 Å². The average Bonchev–Trinajstić information content (AvgIpc) is 2.17. The highest BCUT2D eigenvalue weighted by atomic mass is 32.2. The van der Waals surface area contributed by atoms with Gasteiger partial charge in [0, 0.05) is 0 Å². The number of carbonyl (C=O) groups is 1. The van der Waals surface area contributed by atoms with E-state index in [2.05, 4.69) is 0 Å².